The minimum absolute atomic E-state index is 0.0215. The predicted octanol–water partition coefficient (Wildman–Crippen LogP) is 1.09. The molecule has 1 aromatic carbocycles. The number of nitrogens with one attached hydrogen (secondary N) is 1. The van der Waals surface area contributed by atoms with E-state index in [4.69, 9.17) is 4.42 Å². The van der Waals surface area contributed by atoms with Crippen LogP contribution in [0.4, 0.5) is 4.79 Å². The van der Waals surface area contributed by atoms with Gasteiger partial charge in [0, 0.05) is 13.1 Å². The Balaban J connectivity index is 1.46. The van der Waals surface area contributed by atoms with E-state index < -0.39 is 6.03 Å². The average Bonchev–Trinajstić information content (AvgIpc) is 3.20. The van der Waals surface area contributed by atoms with Crippen LogP contribution in [0, 0.1) is 0 Å². The first kappa shape index (κ1) is 15.6. The molecule has 0 spiro atoms. The topological polar surface area (TPSA) is 95.8 Å². The Kier molecular flexibility index (Phi) is 3.87. The zero-order chi connectivity index (χ0) is 17.4. The van der Waals surface area contributed by atoms with Gasteiger partial charge in [0.15, 0.2) is 11.5 Å². The van der Waals surface area contributed by atoms with E-state index in [0.717, 1.165) is 28.8 Å². The second-order valence-corrected chi connectivity index (χ2v) is 6.34. The maximum Gasteiger partial charge on any atom is 0.325 e. The van der Waals surface area contributed by atoms with Gasteiger partial charge in [0.25, 0.3) is 5.91 Å². The molecule has 8 heteroatoms. The van der Waals surface area contributed by atoms with E-state index in [-0.39, 0.29) is 30.8 Å². The van der Waals surface area contributed by atoms with E-state index in [2.05, 4.69) is 10.3 Å². The number of piperidine rings is 1. The Bertz CT molecular complexity index is 797. The lowest BCUT2D eigenvalue weighted by Crippen LogP contribution is -2.46. The second-order valence-electron chi connectivity index (χ2n) is 6.34. The summed E-state index contributed by atoms with van der Waals surface area (Å²) in [5.41, 5.74) is 1.54. The number of benzene rings is 1. The Labute approximate surface area is 143 Å². The molecule has 8 nitrogen and oxygen atoms in total. The molecule has 0 saturated carbocycles. The number of hydrogen-bond acceptors (Lipinski definition) is 5. The summed E-state index contributed by atoms with van der Waals surface area (Å²) >= 11 is 0. The number of amides is 4. The van der Waals surface area contributed by atoms with Crippen LogP contribution in [0.1, 0.15) is 24.7 Å². The molecule has 0 bridgehead atoms. The normalized spacial score (nSPS) is 21.0. The predicted molar refractivity (Wildman–Crippen MR) is 87.7 cm³/mol. The van der Waals surface area contributed by atoms with Gasteiger partial charge in [-0.1, -0.05) is 12.1 Å². The molecule has 2 aliphatic heterocycles. The third kappa shape index (κ3) is 2.95. The van der Waals surface area contributed by atoms with E-state index in [0.29, 0.717) is 19.0 Å². The molecule has 1 aromatic heterocycles. The van der Waals surface area contributed by atoms with Crippen molar-refractivity contribution in [2.24, 2.45) is 0 Å². The second kappa shape index (κ2) is 6.19. The molecule has 2 aliphatic rings. The van der Waals surface area contributed by atoms with E-state index in [1.807, 2.05) is 24.3 Å². The average molecular weight is 342 g/mol. The molecule has 1 atom stereocenters. The van der Waals surface area contributed by atoms with Crippen LogP contribution >= 0.6 is 0 Å². The van der Waals surface area contributed by atoms with Crippen LogP contribution in [0.5, 0.6) is 0 Å². The third-order valence-corrected chi connectivity index (χ3v) is 4.66. The zero-order valence-corrected chi connectivity index (χ0v) is 13.6. The molecule has 2 aromatic rings. The van der Waals surface area contributed by atoms with Gasteiger partial charge in [-0.2, -0.15) is 0 Å². The van der Waals surface area contributed by atoms with Crippen molar-refractivity contribution >= 4 is 28.9 Å². The highest BCUT2D eigenvalue weighted by Gasteiger charge is 2.34. The molecule has 0 radical (unpaired) electrons. The van der Waals surface area contributed by atoms with Crippen molar-refractivity contribution in [3.63, 3.8) is 0 Å². The van der Waals surface area contributed by atoms with Gasteiger partial charge in [0.05, 0.1) is 12.5 Å². The van der Waals surface area contributed by atoms with Crippen LogP contribution in [-0.4, -0.2) is 58.8 Å². The van der Waals surface area contributed by atoms with E-state index in [9.17, 15) is 14.4 Å². The summed E-state index contributed by atoms with van der Waals surface area (Å²) in [6.45, 7) is 0.830. The molecular formula is C17H18N4O4. The fraction of sp³-hybridized carbons (Fsp3) is 0.412. The van der Waals surface area contributed by atoms with Gasteiger partial charge in [-0.05, 0) is 25.0 Å². The number of carbonyl (C=O) groups is 3. The van der Waals surface area contributed by atoms with Gasteiger partial charge in [-0.15, -0.1) is 0 Å². The maximum absolute atomic E-state index is 12.5. The summed E-state index contributed by atoms with van der Waals surface area (Å²) < 4.78 is 5.83. The van der Waals surface area contributed by atoms with E-state index in [1.54, 1.807) is 4.90 Å². The van der Waals surface area contributed by atoms with Crippen LogP contribution in [0.25, 0.3) is 11.1 Å². The number of para-hydroxylation sites is 2. The molecule has 130 valence electrons. The Morgan fingerprint density at radius 3 is 2.92 bits per heavy atom. The van der Waals surface area contributed by atoms with Crippen LogP contribution < -0.4 is 5.32 Å². The van der Waals surface area contributed by atoms with Crippen LogP contribution in [0.2, 0.25) is 0 Å². The van der Waals surface area contributed by atoms with Gasteiger partial charge >= 0.3 is 6.03 Å². The van der Waals surface area contributed by atoms with Crippen molar-refractivity contribution in [3.05, 3.63) is 30.2 Å². The SMILES string of the molecule is O=C(CN1C(=O)CNC1=O)N1CCC[C@H](c2nc3ccccc3o2)C1. The Morgan fingerprint density at radius 2 is 2.16 bits per heavy atom. The number of oxazole rings is 1. The van der Waals surface area contributed by atoms with Gasteiger partial charge in [0.2, 0.25) is 5.91 Å². The van der Waals surface area contributed by atoms with Crippen molar-refractivity contribution in [3.8, 4) is 0 Å². The molecule has 3 heterocycles. The first-order valence-electron chi connectivity index (χ1n) is 8.33. The summed E-state index contributed by atoms with van der Waals surface area (Å²) in [5.74, 6) is 0.0546. The van der Waals surface area contributed by atoms with Crippen LogP contribution in [-0.2, 0) is 9.59 Å². The number of aromatic nitrogens is 1. The number of nitrogens with zero attached hydrogens (tertiary/aromatic N) is 3. The maximum atomic E-state index is 12.5. The lowest BCUT2D eigenvalue weighted by Gasteiger charge is -2.32. The minimum atomic E-state index is -0.508. The smallest absolute Gasteiger partial charge is 0.325 e. The van der Waals surface area contributed by atoms with Gasteiger partial charge < -0.3 is 14.6 Å². The van der Waals surface area contributed by atoms with Crippen molar-refractivity contribution in [1.29, 1.82) is 0 Å². The lowest BCUT2D eigenvalue weighted by atomic mass is 9.98. The lowest BCUT2D eigenvalue weighted by molar-refractivity contribution is -0.137. The summed E-state index contributed by atoms with van der Waals surface area (Å²) in [7, 11) is 0. The molecule has 4 rings (SSSR count). The molecule has 25 heavy (non-hydrogen) atoms. The highest BCUT2D eigenvalue weighted by molar-refractivity contribution is 6.04. The highest BCUT2D eigenvalue weighted by Crippen LogP contribution is 2.29. The molecule has 2 saturated heterocycles. The first-order chi connectivity index (χ1) is 12.1. The van der Waals surface area contributed by atoms with Gasteiger partial charge in [0.1, 0.15) is 12.1 Å². The van der Waals surface area contributed by atoms with Crippen molar-refractivity contribution < 1.29 is 18.8 Å². The number of hydrogen-bond donors (Lipinski definition) is 1. The summed E-state index contributed by atoms with van der Waals surface area (Å²) in [6.07, 6.45) is 1.72. The standard InChI is InChI=1S/C17H18N4O4/c22-14-8-18-17(24)21(14)10-15(23)20-7-3-4-11(9-20)16-19-12-5-1-2-6-13(12)25-16/h1-2,5-6,11H,3-4,7-10H2,(H,18,24)/t11-/m0/s1. The fourth-order valence-corrected chi connectivity index (χ4v) is 3.32. The monoisotopic (exact) mass is 342 g/mol. The molecule has 4 amide bonds. The molecule has 1 N–H and O–H groups in total. The quantitative estimate of drug-likeness (QED) is 0.842. The largest absolute Gasteiger partial charge is 0.440 e. The minimum Gasteiger partial charge on any atom is -0.440 e. The Morgan fingerprint density at radius 1 is 1.32 bits per heavy atom. The number of imide groups is 1. The zero-order valence-electron chi connectivity index (χ0n) is 13.6. The van der Waals surface area contributed by atoms with E-state index >= 15 is 0 Å². The van der Waals surface area contributed by atoms with Crippen molar-refractivity contribution in [2.45, 2.75) is 18.8 Å². The third-order valence-electron chi connectivity index (χ3n) is 4.66. The highest BCUT2D eigenvalue weighted by atomic mass is 16.3. The summed E-state index contributed by atoms with van der Waals surface area (Å²) in [5, 5.41) is 2.42. The number of carbonyl (C=O) groups excluding carboxylic acids is 3. The number of urea groups is 1. The Hall–Kier alpha value is -2.90. The van der Waals surface area contributed by atoms with Gasteiger partial charge in [-0.25, -0.2) is 9.78 Å². The first-order valence-corrected chi connectivity index (χ1v) is 8.33. The molecule has 0 unspecified atom stereocenters. The summed E-state index contributed by atoms with van der Waals surface area (Å²) in [6, 6.07) is 7.06. The fourth-order valence-electron chi connectivity index (χ4n) is 3.32. The molecule has 0 aliphatic carbocycles. The number of fused-ring (bicyclic) bond motifs is 1. The number of rotatable bonds is 3. The molecule has 2 fully saturated rings. The van der Waals surface area contributed by atoms with Gasteiger partial charge in [-0.3, -0.25) is 14.5 Å². The summed E-state index contributed by atoms with van der Waals surface area (Å²) in [4.78, 5) is 42.9. The van der Waals surface area contributed by atoms with Crippen molar-refractivity contribution in [1.82, 2.24) is 20.1 Å². The van der Waals surface area contributed by atoms with Crippen molar-refractivity contribution in [2.75, 3.05) is 26.2 Å². The van der Waals surface area contributed by atoms with E-state index in [1.165, 1.54) is 0 Å². The van der Waals surface area contributed by atoms with Crippen LogP contribution in [0.15, 0.2) is 28.7 Å². The number of likely N-dealkylation sites (tertiary alicyclic amines) is 1. The molecular weight excluding hydrogens is 324 g/mol. The van der Waals surface area contributed by atoms with Crippen LogP contribution in [0.3, 0.4) is 0 Å².